The van der Waals surface area contributed by atoms with E-state index in [9.17, 15) is 14.4 Å². The summed E-state index contributed by atoms with van der Waals surface area (Å²) in [6.07, 6.45) is 2.53. The van der Waals surface area contributed by atoms with Gasteiger partial charge in [0.05, 0.1) is 17.6 Å². The second-order valence-corrected chi connectivity index (χ2v) is 9.96. The second-order valence-electron chi connectivity index (χ2n) is 9.00. The molecule has 1 aromatic heterocycles. The van der Waals surface area contributed by atoms with Gasteiger partial charge in [-0.2, -0.15) is 0 Å². The fraction of sp³-hybridized carbons (Fsp3) is 0.333. The molecular weight excluding hydrogens is 543 g/mol. The number of alkyl halides is 1. The Kier molecular flexibility index (Phi) is 9.67. The van der Waals surface area contributed by atoms with Crippen molar-refractivity contribution < 1.29 is 18.9 Å². The molecule has 10 nitrogen and oxygen atoms in total. The van der Waals surface area contributed by atoms with Gasteiger partial charge in [0, 0.05) is 55.8 Å². The number of urea groups is 1. The van der Waals surface area contributed by atoms with Crippen LogP contribution in [0.25, 0.3) is 0 Å². The maximum absolute atomic E-state index is 13.1. The van der Waals surface area contributed by atoms with Crippen LogP contribution in [0, 0.1) is 0 Å². The lowest BCUT2D eigenvalue weighted by molar-refractivity contribution is 0.0946. The first kappa shape index (κ1) is 28.3. The van der Waals surface area contributed by atoms with Crippen molar-refractivity contribution in [1.82, 2.24) is 20.7 Å². The van der Waals surface area contributed by atoms with E-state index in [0.29, 0.717) is 55.4 Å². The molecule has 4 amide bonds. The number of carbonyl (C=O) groups excluding carboxylic acids is 3. The van der Waals surface area contributed by atoms with Crippen molar-refractivity contribution in [1.29, 1.82) is 0 Å². The first-order valence-electron chi connectivity index (χ1n) is 12.7. The Hall–Kier alpha value is -3.76. The van der Waals surface area contributed by atoms with Gasteiger partial charge < -0.3 is 30.3 Å². The molecule has 1 aliphatic heterocycles. The molecule has 3 N–H and O–H groups in total. The third-order valence-electron chi connectivity index (χ3n) is 6.24. The Bertz CT molecular complexity index is 1290. The molecule has 2 aromatic carbocycles. The Morgan fingerprint density at radius 2 is 1.82 bits per heavy atom. The smallest absolute Gasteiger partial charge is 0.317 e. The zero-order valence-electron chi connectivity index (χ0n) is 21.5. The number of hydrogen-bond acceptors (Lipinski definition) is 6. The number of carbonyl (C=O) groups is 3. The van der Waals surface area contributed by atoms with Gasteiger partial charge in [0.1, 0.15) is 5.50 Å². The highest BCUT2D eigenvalue weighted by Crippen LogP contribution is 2.29. The summed E-state index contributed by atoms with van der Waals surface area (Å²) >= 11 is 12.4. The number of anilines is 2. The minimum absolute atomic E-state index is 0.0397. The van der Waals surface area contributed by atoms with Crippen LogP contribution in [0.4, 0.5) is 16.2 Å². The Morgan fingerprint density at radius 1 is 1.03 bits per heavy atom. The van der Waals surface area contributed by atoms with Crippen LogP contribution in [0.2, 0.25) is 5.02 Å². The second kappa shape index (κ2) is 13.3. The Labute approximate surface area is 236 Å². The van der Waals surface area contributed by atoms with E-state index in [-0.39, 0.29) is 17.7 Å². The number of hydrogen-bond donors (Lipinski definition) is 3. The molecule has 2 heterocycles. The quantitative estimate of drug-likeness (QED) is 0.272. The lowest BCUT2D eigenvalue weighted by Crippen LogP contribution is -2.42. The van der Waals surface area contributed by atoms with Gasteiger partial charge in [0.15, 0.2) is 0 Å². The number of amides is 4. The topological polar surface area (TPSA) is 120 Å². The normalized spacial score (nSPS) is 14.3. The molecule has 0 bridgehead atoms. The molecular formula is C27H30Cl2N6O4. The minimum Gasteiger partial charge on any atom is -0.368 e. The van der Waals surface area contributed by atoms with E-state index in [2.05, 4.69) is 26.0 Å². The van der Waals surface area contributed by atoms with Gasteiger partial charge in [0.25, 0.3) is 11.8 Å². The summed E-state index contributed by atoms with van der Waals surface area (Å²) in [5, 5.41) is 12.7. The van der Waals surface area contributed by atoms with E-state index in [1.165, 1.54) is 12.3 Å². The number of benzene rings is 2. The van der Waals surface area contributed by atoms with Crippen molar-refractivity contribution in [2.24, 2.45) is 0 Å². The van der Waals surface area contributed by atoms with Crippen molar-refractivity contribution >= 4 is 52.4 Å². The standard InChI is InChI=1S/C27H30Cl2N6O4/c1-2-30-27(38)35-13-3-12-34(14-15-35)22-9-6-19(17-21(22)32-26(37)23-10-11-31-39-23)25(36)33-24(29)16-18-4-7-20(28)8-5-18/h4-11,17,24H,2-3,12-16H2,1H3,(H,30,38)(H,32,37)(H,33,36). The van der Waals surface area contributed by atoms with E-state index in [0.717, 1.165) is 17.7 Å². The third kappa shape index (κ3) is 7.64. The third-order valence-corrected chi connectivity index (χ3v) is 6.75. The monoisotopic (exact) mass is 572 g/mol. The fourth-order valence-corrected chi connectivity index (χ4v) is 4.70. The molecule has 1 aliphatic rings. The van der Waals surface area contributed by atoms with Crippen LogP contribution in [0.5, 0.6) is 0 Å². The van der Waals surface area contributed by atoms with E-state index >= 15 is 0 Å². The molecule has 1 saturated heterocycles. The number of nitrogens with zero attached hydrogens (tertiary/aromatic N) is 3. The molecule has 3 aromatic rings. The molecule has 0 spiro atoms. The van der Waals surface area contributed by atoms with Crippen molar-refractivity contribution in [2.45, 2.75) is 25.3 Å². The van der Waals surface area contributed by atoms with Gasteiger partial charge in [-0.1, -0.05) is 40.5 Å². The molecule has 1 unspecified atom stereocenters. The lowest BCUT2D eigenvalue weighted by Gasteiger charge is -2.26. The lowest BCUT2D eigenvalue weighted by atomic mass is 10.1. The van der Waals surface area contributed by atoms with Gasteiger partial charge in [-0.25, -0.2) is 4.79 Å². The first-order chi connectivity index (χ1) is 18.8. The summed E-state index contributed by atoms with van der Waals surface area (Å²) in [5.41, 5.74) is 1.75. The van der Waals surface area contributed by atoms with Gasteiger partial charge >= 0.3 is 6.03 Å². The fourth-order valence-electron chi connectivity index (χ4n) is 4.30. The molecule has 1 atom stereocenters. The largest absolute Gasteiger partial charge is 0.368 e. The molecule has 4 rings (SSSR count). The van der Waals surface area contributed by atoms with Crippen LogP contribution in [0.1, 0.15) is 39.8 Å². The summed E-state index contributed by atoms with van der Waals surface area (Å²) in [7, 11) is 0. The molecule has 0 radical (unpaired) electrons. The van der Waals surface area contributed by atoms with E-state index in [1.54, 1.807) is 35.2 Å². The number of halogens is 2. The van der Waals surface area contributed by atoms with Gasteiger partial charge in [0.2, 0.25) is 5.76 Å². The van der Waals surface area contributed by atoms with Crippen LogP contribution in [0.3, 0.4) is 0 Å². The van der Waals surface area contributed by atoms with E-state index in [1.807, 2.05) is 19.1 Å². The summed E-state index contributed by atoms with van der Waals surface area (Å²) in [6.45, 7) is 4.79. The molecule has 206 valence electrons. The van der Waals surface area contributed by atoms with Crippen molar-refractivity contribution in [3.05, 3.63) is 76.6 Å². The van der Waals surface area contributed by atoms with Gasteiger partial charge in [-0.15, -0.1) is 0 Å². The highest BCUT2D eigenvalue weighted by molar-refractivity contribution is 6.30. The zero-order chi connectivity index (χ0) is 27.8. The maximum Gasteiger partial charge on any atom is 0.317 e. The zero-order valence-corrected chi connectivity index (χ0v) is 23.0. The Morgan fingerprint density at radius 3 is 2.54 bits per heavy atom. The Balaban J connectivity index is 1.52. The average Bonchev–Trinajstić information content (AvgIpc) is 3.35. The number of aromatic nitrogens is 1. The predicted octanol–water partition coefficient (Wildman–Crippen LogP) is 4.36. The van der Waals surface area contributed by atoms with Crippen molar-refractivity contribution in [3.8, 4) is 0 Å². The van der Waals surface area contributed by atoms with Gasteiger partial charge in [-0.3, -0.25) is 9.59 Å². The average molecular weight is 573 g/mol. The molecule has 0 saturated carbocycles. The molecule has 39 heavy (non-hydrogen) atoms. The number of nitrogens with one attached hydrogen (secondary N) is 3. The maximum atomic E-state index is 13.1. The van der Waals surface area contributed by atoms with Crippen LogP contribution in [-0.2, 0) is 6.42 Å². The summed E-state index contributed by atoms with van der Waals surface area (Å²) in [6, 6.07) is 13.7. The molecule has 0 aliphatic carbocycles. The summed E-state index contributed by atoms with van der Waals surface area (Å²) in [4.78, 5) is 42.1. The van der Waals surface area contributed by atoms with Crippen molar-refractivity contribution in [2.75, 3.05) is 42.9 Å². The molecule has 12 heteroatoms. The van der Waals surface area contributed by atoms with Crippen molar-refractivity contribution in [3.63, 3.8) is 0 Å². The van der Waals surface area contributed by atoms with Gasteiger partial charge in [-0.05, 0) is 49.2 Å². The van der Waals surface area contributed by atoms with Crippen LogP contribution in [-0.4, -0.2) is 66.1 Å². The van der Waals surface area contributed by atoms with Crippen LogP contribution in [0.15, 0.2) is 59.3 Å². The van der Waals surface area contributed by atoms with Crippen LogP contribution >= 0.6 is 23.2 Å². The number of rotatable bonds is 8. The minimum atomic E-state index is -0.656. The first-order valence-corrected chi connectivity index (χ1v) is 13.5. The van der Waals surface area contributed by atoms with E-state index < -0.39 is 11.4 Å². The SMILES string of the molecule is CCNC(=O)N1CCCN(c2ccc(C(=O)NC(Cl)Cc3ccc(Cl)cc3)cc2NC(=O)c2ccno2)CC1. The van der Waals surface area contributed by atoms with E-state index in [4.69, 9.17) is 27.7 Å². The highest BCUT2D eigenvalue weighted by Gasteiger charge is 2.23. The summed E-state index contributed by atoms with van der Waals surface area (Å²) in [5.74, 6) is -0.843. The highest BCUT2D eigenvalue weighted by atomic mass is 35.5. The molecule has 1 fully saturated rings. The predicted molar refractivity (Wildman–Crippen MR) is 151 cm³/mol. The van der Waals surface area contributed by atoms with Crippen LogP contribution < -0.4 is 20.9 Å². The summed E-state index contributed by atoms with van der Waals surface area (Å²) < 4.78 is 5.00.